The summed E-state index contributed by atoms with van der Waals surface area (Å²) < 4.78 is 42.6. The molecule has 0 saturated carbocycles. The Labute approximate surface area is 166 Å². The van der Waals surface area contributed by atoms with E-state index in [1.165, 1.54) is 5.82 Å². The quantitative estimate of drug-likeness (QED) is 0.411. The lowest BCUT2D eigenvalue weighted by atomic mass is 10.4. The van der Waals surface area contributed by atoms with E-state index in [1.807, 2.05) is 97.9 Å². The summed E-state index contributed by atoms with van der Waals surface area (Å²) >= 11 is 0. The van der Waals surface area contributed by atoms with Gasteiger partial charge < -0.3 is 0 Å². The first-order valence-corrected chi connectivity index (χ1v) is 12.0. The molecule has 0 fully saturated rings. The standard InChI is InChI=1S/C23H21F3P2/c1-2-27(19-12-6-3-7-13-19)22(23(24,25)26)18-28(20-14-8-4-9-15-20)21-16-10-5-11-17-21/h3-18H,2H2,1H3/b22-18-. The van der Waals surface area contributed by atoms with E-state index in [0.717, 1.165) is 15.9 Å². The molecule has 0 aromatic heterocycles. The molecule has 3 aromatic rings. The Bertz CT molecular complexity index is 852. The first-order valence-electron chi connectivity index (χ1n) is 9.01. The molecule has 0 radical (unpaired) electrons. The molecule has 0 amide bonds. The van der Waals surface area contributed by atoms with Gasteiger partial charge in [-0.15, -0.1) is 0 Å². The lowest BCUT2D eigenvalue weighted by Crippen LogP contribution is -2.18. The Hall–Kier alpha value is -1.95. The second-order valence-corrected chi connectivity index (χ2v) is 10.7. The van der Waals surface area contributed by atoms with Crippen LogP contribution in [-0.2, 0) is 0 Å². The topological polar surface area (TPSA) is 0 Å². The van der Waals surface area contributed by atoms with Gasteiger partial charge >= 0.3 is 6.18 Å². The van der Waals surface area contributed by atoms with Gasteiger partial charge in [0.25, 0.3) is 0 Å². The fourth-order valence-corrected chi connectivity index (χ4v) is 7.69. The fraction of sp³-hybridized carbons (Fsp3) is 0.130. The van der Waals surface area contributed by atoms with Crippen LogP contribution >= 0.6 is 15.8 Å². The van der Waals surface area contributed by atoms with E-state index in [9.17, 15) is 13.2 Å². The zero-order chi connectivity index (χ0) is 20.0. The normalized spacial score (nSPS) is 13.5. The van der Waals surface area contributed by atoms with Gasteiger partial charge in [-0.3, -0.25) is 0 Å². The molecular weight excluding hydrogens is 395 g/mol. The molecule has 0 aliphatic rings. The largest absolute Gasteiger partial charge is 0.417 e. The molecule has 1 atom stereocenters. The third-order valence-corrected chi connectivity index (χ3v) is 9.23. The summed E-state index contributed by atoms with van der Waals surface area (Å²) in [6.07, 6.45) is -3.90. The van der Waals surface area contributed by atoms with Crippen molar-refractivity contribution < 1.29 is 13.2 Å². The predicted molar refractivity (Wildman–Crippen MR) is 117 cm³/mol. The average molecular weight is 416 g/mol. The van der Waals surface area contributed by atoms with Crippen molar-refractivity contribution in [1.29, 1.82) is 0 Å². The summed E-state index contributed by atoms with van der Waals surface area (Å²) in [5.41, 5.74) is 0. The second kappa shape index (κ2) is 9.50. The summed E-state index contributed by atoms with van der Waals surface area (Å²) in [5, 5.41) is 2.21. The molecule has 5 heteroatoms. The number of rotatable bonds is 6. The first kappa shape index (κ1) is 20.8. The highest BCUT2D eigenvalue weighted by Gasteiger charge is 2.39. The van der Waals surface area contributed by atoms with Crippen LogP contribution in [0.5, 0.6) is 0 Å². The van der Waals surface area contributed by atoms with Crippen LogP contribution in [0, 0.1) is 0 Å². The van der Waals surface area contributed by atoms with Crippen molar-refractivity contribution in [3.8, 4) is 0 Å². The van der Waals surface area contributed by atoms with Crippen LogP contribution < -0.4 is 15.9 Å². The van der Waals surface area contributed by atoms with Gasteiger partial charge in [0.1, 0.15) is 0 Å². The van der Waals surface area contributed by atoms with E-state index >= 15 is 0 Å². The number of alkyl halides is 3. The smallest absolute Gasteiger partial charge is 0.166 e. The van der Waals surface area contributed by atoms with Crippen LogP contribution in [-0.4, -0.2) is 12.3 Å². The van der Waals surface area contributed by atoms with Crippen molar-refractivity contribution in [2.75, 3.05) is 6.16 Å². The van der Waals surface area contributed by atoms with Crippen molar-refractivity contribution >= 4 is 31.8 Å². The Morgan fingerprint density at radius 3 is 1.46 bits per heavy atom. The molecule has 0 nitrogen and oxygen atoms in total. The summed E-state index contributed by atoms with van der Waals surface area (Å²) in [6.45, 7) is 1.84. The Kier molecular flexibility index (Phi) is 7.05. The predicted octanol–water partition coefficient (Wildman–Crippen LogP) is 6.35. The molecule has 0 aliphatic heterocycles. The molecule has 1 unspecified atom stereocenters. The van der Waals surface area contributed by atoms with Crippen molar-refractivity contribution in [3.63, 3.8) is 0 Å². The lowest BCUT2D eigenvalue weighted by Gasteiger charge is -2.25. The van der Waals surface area contributed by atoms with Crippen LogP contribution in [0.4, 0.5) is 13.2 Å². The van der Waals surface area contributed by atoms with Gasteiger partial charge in [-0.05, 0) is 43.7 Å². The maximum absolute atomic E-state index is 14.2. The van der Waals surface area contributed by atoms with Gasteiger partial charge in [0.15, 0.2) is 0 Å². The third-order valence-electron chi connectivity index (χ3n) is 4.29. The van der Waals surface area contributed by atoms with Crippen molar-refractivity contribution in [2.45, 2.75) is 13.1 Å². The van der Waals surface area contributed by atoms with E-state index in [0.29, 0.717) is 6.16 Å². The molecule has 3 rings (SSSR count). The van der Waals surface area contributed by atoms with Crippen LogP contribution in [0.15, 0.2) is 102 Å². The van der Waals surface area contributed by atoms with Gasteiger partial charge in [0.05, 0.1) is 5.31 Å². The number of hydrogen-bond donors (Lipinski definition) is 0. The summed E-state index contributed by atoms with van der Waals surface area (Å²) in [4.78, 5) is 0. The molecule has 0 heterocycles. The van der Waals surface area contributed by atoms with Crippen LogP contribution in [0.1, 0.15) is 6.92 Å². The van der Waals surface area contributed by atoms with Gasteiger partial charge in [-0.2, -0.15) is 13.2 Å². The Morgan fingerprint density at radius 2 is 1.11 bits per heavy atom. The monoisotopic (exact) mass is 416 g/mol. The SMILES string of the molecule is CCP(/C(=C\P(c1ccccc1)c1ccccc1)C(F)(F)F)c1ccccc1. The van der Waals surface area contributed by atoms with Gasteiger partial charge in [0.2, 0.25) is 0 Å². The highest BCUT2D eigenvalue weighted by molar-refractivity contribution is 7.77. The zero-order valence-corrected chi connectivity index (χ0v) is 17.3. The van der Waals surface area contributed by atoms with Crippen molar-refractivity contribution in [3.05, 3.63) is 102 Å². The molecule has 28 heavy (non-hydrogen) atoms. The number of hydrogen-bond acceptors (Lipinski definition) is 0. The summed E-state index contributed by atoms with van der Waals surface area (Å²) in [6, 6.07) is 28.1. The number of halogens is 3. The lowest BCUT2D eigenvalue weighted by molar-refractivity contribution is -0.0840. The molecule has 0 N–H and O–H groups in total. The molecular formula is C23H21F3P2. The van der Waals surface area contributed by atoms with Gasteiger partial charge in [-0.25, -0.2) is 0 Å². The minimum Gasteiger partial charge on any atom is -0.166 e. The van der Waals surface area contributed by atoms with Crippen molar-refractivity contribution in [1.82, 2.24) is 0 Å². The maximum atomic E-state index is 14.2. The highest BCUT2D eigenvalue weighted by Crippen LogP contribution is 2.55. The van der Waals surface area contributed by atoms with Crippen molar-refractivity contribution in [2.24, 2.45) is 0 Å². The van der Waals surface area contributed by atoms with Gasteiger partial charge in [-0.1, -0.05) is 97.9 Å². The minimum absolute atomic E-state index is 0.394. The molecule has 0 spiro atoms. The summed E-state index contributed by atoms with van der Waals surface area (Å²) in [7, 11) is -2.71. The molecule has 0 bridgehead atoms. The van der Waals surface area contributed by atoms with Crippen LogP contribution in [0.2, 0.25) is 0 Å². The number of allylic oxidation sites excluding steroid dienone is 1. The van der Waals surface area contributed by atoms with Gasteiger partial charge in [0, 0.05) is 0 Å². The second-order valence-electron chi connectivity index (χ2n) is 6.13. The van der Waals surface area contributed by atoms with E-state index in [-0.39, 0.29) is 0 Å². The highest BCUT2D eigenvalue weighted by atomic mass is 31.1. The fourth-order valence-electron chi connectivity index (χ4n) is 2.99. The minimum atomic E-state index is -4.36. The Balaban J connectivity index is 2.15. The van der Waals surface area contributed by atoms with E-state index < -0.39 is 27.3 Å². The molecule has 0 aliphatic carbocycles. The van der Waals surface area contributed by atoms with Crippen LogP contribution in [0.3, 0.4) is 0 Å². The zero-order valence-electron chi connectivity index (χ0n) is 15.5. The number of benzene rings is 3. The summed E-state index contributed by atoms with van der Waals surface area (Å²) in [5.74, 6) is 1.50. The third kappa shape index (κ3) is 5.10. The van der Waals surface area contributed by atoms with E-state index in [4.69, 9.17) is 0 Å². The molecule has 144 valence electrons. The van der Waals surface area contributed by atoms with E-state index in [2.05, 4.69) is 0 Å². The first-order chi connectivity index (χ1) is 13.5. The maximum Gasteiger partial charge on any atom is 0.417 e. The molecule has 3 aromatic carbocycles. The van der Waals surface area contributed by atoms with E-state index in [1.54, 1.807) is 0 Å². The average Bonchev–Trinajstić information content (AvgIpc) is 2.72. The Morgan fingerprint density at radius 1 is 0.714 bits per heavy atom. The molecule has 0 saturated heterocycles. The van der Waals surface area contributed by atoms with Crippen LogP contribution in [0.25, 0.3) is 0 Å².